The highest BCUT2D eigenvalue weighted by molar-refractivity contribution is 7.89. The summed E-state index contributed by atoms with van der Waals surface area (Å²) in [7, 11) is -3.62. The van der Waals surface area contributed by atoms with Gasteiger partial charge in [-0.15, -0.1) is 11.3 Å². The summed E-state index contributed by atoms with van der Waals surface area (Å²) in [6, 6.07) is 3.54. The van der Waals surface area contributed by atoms with Crippen molar-refractivity contribution in [3.8, 4) is 0 Å². The Morgan fingerprint density at radius 3 is 2.71 bits per heavy atom. The van der Waals surface area contributed by atoms with Crippen LogP contribution in [0.4, 0.5) is 0 Å². The number of nitrogens with one attached hydrogen (secondary N) is 1. The minimum atomic E-state index is -3.62. The van der Waals surface area contributed by atoms with Crippen molar-refractivity contribution < 1.29 is 8.42 Å². The van der Waals surface area contributed by atoms with E-state index in [1.807, 2.05) is 0 Å². The maximum atomic E-state index is 12.4. The van der Waals surface area contributed by atoms with E-state index >= 15 is 0 Å². The molecule has 0 amide bonds. The Morgan fingerprint density at radius 2 is 2.14 bits per heavy atom. The molecule has 0 aliphatic carbocycles. The van der Waals surface area contributed by atoms with Crippen LogP contribution < -0.4 is 10.5 Å². The minimum absolute atomic E-state index is 0.209. The highest BCUT2D eigenvalue weighted by atomic mass is 35.5. The van der Waals surface area contributed by atoms with Crippen LogP contribution in [0.25, 0.3) is 0 Å². The third-order valence-corrected chi connectivity index (χ3v) is 5.87. The first-order valence-corrected chi connectivity index (χ1v) is 9.01. The van der Waals surface area contributed by atoms with E-state index in [9.17, 15) is 8.42 Å². The summed E-state index contributed by atoms with van der Waals surface area (Å²) in [4.78, 5) is 1.08. The SMILES string of the molecule is Cc1nn(CCN)c(C)c1S(=O)(=O)NCc1ccc(Cl)s1. The molecule has 0 spiro atoms. The predicted molar refractivity (Wildman–Crippen MR) is 84.1 cm³/mol. The van der Waals surface area contributed by atoms with Crippen molar-refractivity contribution in [3.63, 3.8) is 0 Å². The number of rotatable bonds is 6. The van der Waals surface area contributed by atoms with E-state index in [2.05, 4.69) is 9.82 Å². The lowest BCUT2D eigenvalue weighted by molar-refractivity contribution is 0.577. The average molecular weight is 349 g/mol. The summed E-state index contributed by atoms with van der Waals surface area (Å²) in [6.45, 7) is 4.51. The van der Waals surface area contributed by atoms with Gasteiger partial charge in [0.1, 0.15) is 4.90 Å². The summed E-state index contributed by atoms with van der Waals surface area (Å²) in [5, 5.41) is 4.22. The molecule has 0 fully saturated rings. The highest BCUT2D eigenvalue weighted by Gasteiger charge is 2.24. The highest BCUT2D eigenvalue weighted by Crippen LogP contribution is 2.23. The molecule has 0 saturated heterocycles. The van der Waals surface area contributed by atoms with Gasteiger partial charge in [0.2, 0.25) is 10.0 Å². The minimum Gasteiger partial charge on any atom is -0.329 e. The number of halogens is 1. The van der Waals surface area contributed by atoms with Crippen molar-refractivity contribution in [1.82, 2.24) is 14.5 Å². The molecule has 9 heteroatoms. The number of sulfonamides is 1. The van der Waals surface area contributed by atoms with Crippen molar-refractivity contribution in [3.05, 3.63) is 32.7 Å². The average Bonchev–Trinajstić information content (AvgIpc) is 2.93. The van der Waals surface area contributed by atoms with Gasteiger partial charge in [-0.25, -0.2) is 13.1 Å². The molecule has 0 saturated carbocycles. The molecule has 0 radical (unpaired) electrons. The summed E-state index contributed by atoms with van der Waals surface area (Å²) in [5.74, 6) is 0. The Hall–Kier alpha value is -0.930. The Labute approximate surface area is 133 Å². The van der Waals surface area contributed by atoms with Crippen molar-refractivity contribution >= 4 is 33.0 Å². The standard InChI is InChI=1S/C12H17ClN4O2S2/c1-8-12(9(2)17(16-8)6-5-14)21(18,19)15-7-10-3-4-11(13)20-10/h3-4,15H,5-7,14H2,1-2H3. The van der Waals surface area contributed by atoms with E-state index in [0.29, 0.717) is 28.8 Å². The molecule has 2 rings (SSSR count). The lowest BCUT2D eigenvalue weighted by Gasteiger charge is -2.07. The molecule has 0 aromatic carbocycles. The van der Waals surface area contributed by atoms with Crippen LogP contribution in [-0.4, -0.2) is 24.7 Å². The van der Waals surface area contributed by atoms with Crippen LogP contribution in [0, 0.1) is 13.8 Å². The number of nitrogens with two attached hydrogens (primary N) is 1. The topological polar surface area (TPSA) is 90.0 Å². The maximum Gasteiger partial charge on any atom is 0.244 e. The van der Waals surface area contributed by atoms with Crippen LogP contribution in [0.5, 0.6) is 0 Å². The molecule has 2 aromatic heterocycles. The summed E-state index contributed by atoms with van der Waals surface area (Å²) in [5.41, 5.74) is 6.56. The predicted octanol–water partition coefficient (Wildman–Crippen LogP) is 1.65. The second-order valence-corrected chi connectivity index (χ2v) is 8.05. The molecular formula is C12H17ClN4O2S2. The summed E-state index contributed by atoms with van der Waals surface area (Å²) < 4.78 is 29.7. The number of aromatic nitrogens is 2. The van der Waals surface area contributed by atoms with Gasteiger partial charge in [0, 0.05) is 18.0 Å². The van der Waals surface area contributed by atoms with Gasteiger partial charge in [-0.1, -0.05) is 11.6 Å². The van der Waals surface area contributed by atoms with Crippen LogP contribution in [0.1, 0.15) is 16.3 Å². The van der Waals surface area contributed by atoms with Gasteiger partial charge in [-0.3, -0.25) is 4.68 Å². The molecule has 21 heavy (non-hydrogen) atoms. The van der Waals surface area contributed by atoms with E-state index in [0.717, 1.165) is 4.88 Å². The third kappa shape index (κ3) is 3.64. The normalized spacial score (nSPS) is 12.0. The van der Waals surface area contributed by atoms with Crippen molar-refractivity contribution in [2.24, 2.45) is 5.73 Å². The zero-order valence-corrected chi connectivity index (χ0v) is 14.1. The van der Waals surface area contributed by atoms with Crippen molar-refractivity contribution in [2.45, 2.75) is 31.8 Å². The van der Waals surface area contributed by atoms with Crippen LogP contribution in [0.15, 0.2) is 17.0 Å². The first-order valence-electron chi connectivity index (χ1n) is 6.33. The van der Waals surface area contributed by atoms with E-state index in [-0.39, 0.29) is 11.4 Å². The van der Waals surface area contributed by atoms with Crippen LogP contribution in [0.3, 0.4) is 0 Å². The van der Waals surface area contributed by atoms with Crippen molar-refractivity contribution in [1.29, 1.82) is 0 Å². The lowest BCUT2D eigenvalue weighted by Crippen LogP contribution is -2.24. The molecular weight excluding hydrogens is 332 g/mol. The number of nitrogens with zero attached hydrogens (tertiary/aromatic N) is 2. The van der Waals surface area contributed by atoms with Crippen LogP contribution in [0.2, 0.25) is 4.34 Å². The molecule has 0 unspecified atom stereocenters. The van der Waals surface area contributed by atoms with Gasteiger partial charge in [-0.05, 0) is 26.0 Å². The number of hydrogen-bond donors (Lipinski definition) is 2. The Bertz CT molecular complexity index is 737. The smallest absolute Gasteiger partial charge is 0.244 e. The zero-order valence-electron chi connectivity index (χ0n) is 11.8. The van der Waals surface area contributed by atoms with Gasteiger partial charge in [0.25, 0.3) is 0 Å². The van der Waals surface area contributed by atoms with Crippen LogP contribution in [-0.2, 0) is 23.1 Å². The van der Waals surface area contributed by atoms with E-state index in [4.69, 9.17) is 17.3 Å². The van der Waals surface area contributed by atoms with Crippen molar-refractivity contribution in [2.75, 3.05) is 6.54 Å². The first-order chi connectivity index (χ1) is 9.85. The van der Waals surface area contributed by atoms with Gasteiger partial charge in [0.15, 0.2) is 0 Å². The Balaban J connectivity index is 2.23. The number of aryl methyl sites for hydroxylation is 1. The first kappa shape index (κ1) is 16.4. The molecule has 0 aliphatic rings. The summed E-state index contributed by atoms with van der Waals surface area (Å²) >= 11 is 7.18. The number of hydrogen-bond acceptors (Lipinski definition) is 5. The van der Waals surface area contributed by atoms with Crippen LogP contribution >= 0.6 is 22.9 Å². The number of thiophene rings is 1. The van der Waals surface area contributed by atoms with Gasteiger partial charge >= 0.3 is 0 Å². The molecule has 3 N–H and O–H groups in total. The molecule has 0 atom stereocenters. The Morgan fingerprint density at radius 1 is 1.43 bits per heavy atom. The zero-order chi connectivity index (χ0) is 15.6. The van der Waals surface area contributed by atoms with E-state index in [1.165, 1.54) is 11.3 Å². The summed E-state index contributed by atoms with van der Waals surface area (Å²) in [6.07, 6.45) is 0. The fourth-order valence-electron chi connectivity index (χ4n) is 2.09. The van der Waals surface area contributed by atoms with E-state index in [1.54, 1.807) is 30.7 Å². The quantitative estimate of drug-likeness (QED) is 0.830. The second kappa shape index (κ2) is 6.45. The second-order valence-electron chi connectivity index (χ2n) is 4.54. The molecule has 0 aliphatic heterocycles. The lowest BCUT2D eigenvalue weighted by atomic mass is 10.4. The van der Waals surface area contributed by atoms with Gasteiger partial charge in [0.05, 0.1) is 22.3 Å². The largest absolute Gasteiger partial charge is 0.329 e. The fraction of sp³-hybridized carbons (Fsp3) is 0.417. The molecule has 2 heterocycles. The van der Waals surface area contributed by atoms with Gasteiger partial charge < -0.3 is 5.73 Å². The monoisotopic (exact) mass is 348 g/mol. The third-order valence-electron chi connectivity index (χ3n) is 2.99. The van der Waals surface area contributed by atoms with E-state index < -0.39 is 10.0 Å². The molecule has 6 nitrogen and oxygen atoms in total. The maximum absolute atomic E-state index is 12.4. The molecule has 116 valence electrons. The van der Waals surface area contributed by atoms with Gasteiger partial charge in [-0.2, -0.15) is 5.10 Å². The molecule has 2 aromatic rings. The Kier molecular flexibility index (Phi) is 5.05. The fourth-order valence-corrected chi connectivity index (χ4v) is 4.63. The molecule has 0 bridgehead atoms.